The second-order valence-electron chi connectivity index (χ2n) is 4.77. The van der Waals surface area contributed by atoms with E-state index in [1.807, 2.05) is 0 Å². The fourth-order valence-electron chi connectivity index (χ4n) is 2.05. The number of esters is 1. The maximum atomic E-state index is 12.1. The van der Waals surface area contributed by atoms with Crippen LogP contribution in [-0.4, -0.2) is 25.4 Å². The normalized spacial score (nSPS) is 10.2. The average molecular weight is 352 g/mol. The summed E-state index contributed by atoms with van der Waals surface area (Å²) in [4.78, 5) is 23.8. The zero-order chi connectivity index (χ0) is 16.8. The molecule has 4 nitrogen and oxygen atoms in total. The quantitative estimate of drug-likeness (QED) is 0.616. The van der Waals surface area contributed by atoms with Gasteiger partial charge < -0.3 is 10.1 Å². The largest absolute Gasteiger partial charge is 0.465 e. The number of ketones is 1. The molecule has 2 aromatic rings. The first-order valence-electron chi connectivity index (χ1n) is 6.92. The Balaban J connectivity index is 1.98. The molecule has 0 saturated heterocycles. The molecule has 120 valence electrons. The van der Waals surface area contributed by atoms with E-state index < -0.39 is 5.97 Å². The van der Waals surface area contributed by atoms with E-state index in [4.69, 9.17) is 27.9 Å². The molecule has 1 N–H and O–H groups in total. The lowest BCUT2D eigenvalue weighted by atomic mass is 10.1. The zero-order valence-electron chi connectivity index (χ0n) is 12.4. The third kappa shape index (κ3) is 4.47. The summed E-state index contributed by atoms with van der Waals surface area (Å²) in [6, 6.07) is 11.8. The first-order valence-corrected chi connectivity index (χ1v) is 7.68. The summed E-state index contributed by atoms with van der Waals surface area (Å²) in [5, 5.41) is 3.83. The molecule has 0 atom stereocenters. The summed E-state index contributed by atoms with van der Waals surface area (Å²) in [7, 11) is 1.33. The highest BCUT2D eigenvalue weighted by Crippen LogP contribution is 2.23. The van der Waals surface area contributed by atoms with Crippen LogP contribution in [0.5, 0.6) is 0 Å². The lowest BCUT2D eigenvalue weighted by molar-refractivity contribution is 0.0601. The van der Waals surface area contributed by atoms with Gasteiger partial charge in [0.15, 0.2) is 5.78 Å². The number of carbonyl (C=O) groups excluding carboxylic acids is 2. The van der Waals surface area contributed by atoms with E-state index in [1.54, 1.807) is 42.5 Å². The molecule has 0 aliphatic heterocycles. The molecule has 0 aliphatic carbocycles. The molecule has 0 bridgehead atoms. The van der Waals surface area contributed by atoms with E-state index in [-0.39, 0.29) is 12.2 Å². The molecule has 0 radical (unpaired) electrons. The number of para-hydroxylation sites is 1. The summed E-state index contributed by atoms with van der Waals surface area (Å²) in [5.41, 5.74) is 1.56. The molecule has 23 heavy (non-hydrogen) atoms. The summed E-state index contributed by atoms with van der Waals surface area (Å²) in [6.45, 7) is 0.382. The van der Waals surface area contributed by atoms with Crippen molar-refractivity contribution in [1.29, 1.82) is 0 Å². The van der Waals surface area contributed by atoms with E-state index in [0.717, 1.165) is 0 Å². The standard InChI is InChI=1S/C17H15Cl2NO3/c1-23-17(22)12-4-2-3-5-15(12)20-9-8-16(21)11-6-7-13(18)14(19)10-11/h2-7,10,20H,8-9H2,1H3. The number of hydrogen-bond acceptors (Lipinski definition) is 4. The van der Waals surface area contributed by atoms with Gasteiger partial charge in [0.25, 0.3) is 0 Å². The number of benzene rings is 2. The van der Waals surface area contributed by atoms with Gasteiger partial charge in [-0.25, -0.2) is 4.79 Å². The van der Waals surface area contributed by atoms with Gasteiger partial charge in [-0.1, -0.05) is 35.3 Å². The molecule has 0 aromatic heterocycles. The van der Waals surface area contributed by atoms with Crippen LogP contribution in [0.2, 0.25) is 10.0 Å². The third-order valence-corrected chi connectivity index (χ3v) is 3.98. The van der Waals surface area contributed by atoms with E-state index in [2.05, 4.69) is 5.32 Å². The minimum Gasteiger partial charge on any atom is -0.465 e. The van der Waals surface area contributed by atoms with Gasteiger partial charge in [0.1, 0.15) is 0 Å². The smallest absolute Gasteiger partial charge is 0.339 e. The highest BCUT2D eigenvalue weighted by molar-refractivity contribution is 6.42. The number of methoxy groups -OCH3 is 1. The summed E-state index contributed by atoms with van der Waals surface area (Å²) in [5.74, 6) is -0.490. The molecule has 0 saturated carbocycles. The van der Waals surface area contributed by atoms with Gasteiger partial charge in [0.05, 0.1) is 22.7 Å². The fourth-order valence-corrected chi connectivity index (χ4v) is 2.35. The van der Waals surface area contributed by atoms with Crippen LogP contribution in [0.4, 0.5) is 5.69 Å². The number of ether oxygens (including phenoxy) is 1. The van der Waals surface area contributed by atoms with Crippen molar-refractivity contribution in [1.82, 2.24) is 0 Å². The van der Waals surface area contributed by atoms with Crippen molar-refractivity contribution < 1.29 is 14.3 Å². The van der Waals surface area contributed by atoms with Crippen LogP contribution in [0.25, 0.3) is 0 Å². The summed E-state index contributed by atoms with van der Waals surface area (Å²) < 4.78 is 4.73. The van der Waals surface area contributed by atoms with Crippen LogP contribution < -0.4 is 5.32 Å². The van der Waals surface area contributed by atoms with Gasteiger partial charge in [-0.2, -0.15) is 0 Å². The van der Waals surface area contributed by atoms with Crippen molar-refractivity contribution in [2.24, 2.45) is 0 Å². The Kier molecular flexibility index (Phi) is 6.02. The highest BCUT2D eigenvalue weighted by Gasteiger charge is 2.12. The Morgan fingerprint density at radius 2 is 1.83 bits per heavy atom. The molecule has 0 aliphatic rings. The van der Waals surface area contributed by atoms with Gasteiger partial charge in [-0.3, -0.25) is 4.79 Å². The lowest BCUT2D eigenvalue weighted by Crippen LogP contribution is -2.12. The number of hydrogen-bond donors (Lipinski definition) is 1. The maximum absolute atomic E-state index is 12.1. The minimum atomic E-state index is -0.427. The van der Waals surface area contributed by atoms with E-state index >= 15 is 0 Å². The third-order valence-electron chi connectivity index (χ3n) is 3.24. The number of Topliss-reactive ketones (excluding diaryl/α,β-unsaturated/α-hetero) is 1. The SMILES string of the molecule is COC(=O)c1ccccc1NCCC(=O)c1ccc(Cl)c(Cl)c1. The van der Waals surface area contributed by atoms with Gasteiger partial charge in [0.2, 0.25) is 0 Å². The average Bonchev–Trinajstić information content (AvgIpc) is 2.57. The van der Waals surface area contributed by atoms with Crippen molar-refractivity contribution in [2.45, 2.75) is 6.42 Å². The van der Waals surface area contributed by atoms with E-state index in [0.29, 0.717) is 33.4 Å². The molecule has 0 unspecified atom stereocenters. The molecule has 0 spiro atoms. The van der Waals surface area contributed by atoms with Crippen LogP contribution in [0.3, 0.4) is 0 Å². The molecule has 0 fully saturated rings. The monoisotopic (exact) mass is 351 g/mol. The molecule has 6 heteroatoms. The Hall–Kier alpha value is -2.04. The van der Waals surface area contributed by atoms with Gasteiger partial charge in [-0.05, 0) is 30.3 Å². The Bertz CT molecular complexity index is 732. The van der Waals surface area contributed by atoms with Crippen LogP contribution in [0.1, 0.15) is 27.1 Å². The number of halogens is 2. The zero-order valence-corrected chi connectivity index (χ0v) is 13.9. The van der Waals surface area contributed by atoms with Crippen LogP contribution in [0, 0.1) is 0 Å². The van der Waals surface area contributed by atoms with Crippen molar-refractivity contribution in [2.75, 3.05) is 19.0 Å². The molecular formula is C17H15Cl2NO3. The molecule has 0 amide bonds. The van der Waals surface area contributed by atoms with Crippen molar-refractivity contribution in [3.05, 3.63) is 63.6 Å². The second-order valence-corrected chi connectivity index (χ2v) is 5.58. The molecule has 2 rings (SSSR count). The number of carbonyl (C=O) groups is 2. The molecular weight excluding hydrogens is 337 g/mol. The number of rotatable bonds is 6. The predicted octanol–water partition coefficient (Wildman–Crippen LogP) is 4.46. The maximum Gasteiger partial charge on any atom is 0.339 e. The van der Waals surface area contributed by atoms with Gasteiger partial charge >= 0.3 is 5.97 Å². The number of anilines is 1. The van der Waals surface area contributed by atoms with E-state index in [1.165, 1.54) is 7.11 Å². The summed E-state index contributed by atoms with van der Waals surface area (Å²) in [6.07, 6.45) is 0.257. The molecule has 2 aromatic carbocycles. The van der Waals surface area contributed by atoms with Crippen molar-refractivity contribution in [3.8, 4) is 0 Å². The first kappa shape index (κ1) is 17.3. The Morgan fingerprint density at radius 3 is 2.52 bits per heavy atom. The Morgan fingerprint density at radius 1 is 1.09 bits per heavy atom. The first-order chi connectivity index (χ1) is 11.0. The highest BCUT2D eigenvalue weighted by atomic mass is 35.5. The summed E-state index contributed by atoms with van der Waals surface area (Å²) >= 11 is 11.7. The van der Waals surface area contributed by atoms with E-state index in [9.17, 15) is 9.59 Å². The second kappa shape index (κ2) is 7.99. The van der Waals surface area contributed by atoms with Gasteiger partial charge in [-0.15, -0.1) is 0 Å². The molecule has 0 heterocycles. The lowest BCUT2D eigenvalue weighted by Gasteiger charge is -2.10. The topological polar surface area (TPSA) is 55.4 Å². The van der Waals surface area contributed by atoms with Gasteiger partial charge in [0, 0.05) is 24.2 Å². The minimum absolute atomic E-state index is 0.0633. The van der Waals surface area contributed by atoms with Crippen LogP contribution in [0.15, 0.2) is 42.5 Å². The van der Waals surface area contributed by atoms with Crippen molar-refractivity contribution in [3.63, 3.8) is 0 Å². The predicted molar refractivity (Wildman–Crippen MR) is 91.7 cm³/mol. The van der Waals surface area contributed by atoms with Crippen LogP contribution >= 0.6 is 23.2 Å². The van der Waals surface area contributed by atoms with Crippen LogP contribution in [-0.2, 0) is 4.74 Å². The fraction of sp³-hybridized carbons (Fsp3) is 0.176. The van der Waals surface area contributed by atoms with Crippen molar-refractivity contribution >= 4 is 40.6 Å². The Labute approximate surface area is 144 Å². The number of nitrogens with one attached hydrogen (secondary N) is 1.